The number of rotatable bonds is 2. The lowest BCUT2D eigenvalue weighted by Crippen LogP contribution is -2.12. The molecule has 0 unspecified atom stereocenters. The highest BCUT2D eigenvalue weighted by Crippen LogP contribution is 2.33. The van der Waals surface area contributed by atoms with Gasteiger partial charge in [0.1, 0.15) is 0 Å². The van der Waals surface area contributed by atoms with Crippen LogP contribution < -0.4 is 14.8 Å². The minimum absolute atomic E-state index is 0.184. The maximum Gasteiger partial charge on any atom is 0.255 e. The minimum Gasteiger partial charge on any atom is -0.454 e. The van der Waals surface area contributed by atoms with Gasteiger partial charge in [0, 0.05) is 15.1 Å². The van der Waals surface area contributed by atoms with Crippen LogP contribution in [0.2, 0.25) is 5.02 Å². The Kier molecular flexibility index (Phi) is 3.54. The van der Waals surface area contributed by atoms with Gasteiger partial charge in [-0.05, 0) is 52.3 Å². The van der Waals surface area contributed by atoms with E-state index < -0.39 is 0 Å². The van der Waals surface area contributed by atoms with Crippen LogP contribution in [0, 0.1) is 0 Å². The van der Waals surface area contributed by atoms with Crippen molar-refractivity contribution in [3.05, 3.63) is 51.5 Å². The van der Waals surface area contributed by atoms with Gasteiger partial charge in [-0.1, -0.05) is 11.6 Å². The number of ether oxygens (including phenoxy) is 2. The van der Waals surface area contributed by atoms with E-state index in [1.165, 1.54) is 0 Å². The summed E-state index contributed by atoms with van der Waals surface area (Å²) in [6, 6.07) is 10.2. The van der Waals surface area contributed by atoms with Crippen molar-refractivity contribution in [1.29, 1.82) is 0 Å². The SMILES string of the molecule is O=C(Nc1ccc(Cl)cc1Br)c1ccc2c(c1)OCO2. The second-order valence-corrected chi connectivity index (χ2v) is 5.44. The summed E-state index contributed by atoms with van der Waals surface area (Å²) in [5.41, 5.74) is 1.15. The summed E-state index contributed by atoms with van der Waals surface area (Å²) in [6.07, 6.45) is 0. The van der Waals surface area contributed by atoms with Crippen molar-refractivity contribution in [1.82, 2.24) is 0 Å². The zero-order valence-electron chi connectivity index (χ0n) is 10.2. The van der Waals surface area contributed by atoms with Crippen LogP contribution in [0.5, 0.6) is 11.5 Å². The second kappa shape index (κ2) is 5.34. The van der Waals surface area contributed by atoms with Crippen molar-refractivity contribution in [2.45, 2.75) is 0 Å². The van der Waals surface area contributed by atoms with E-state index in [9.17, 15) is 4.79 Å². The average molecular weight is 355 g/mol. The fraction of sp³-hybridized carbons (Fsp3) is 0.0714. The highest BCUT2D eigenvalue weighted by atomic mass is 79.9. The third-order valence-electron chi connectivity index (χ3n) is 2.81. The van der Waals surface area contributed by atoms with Crippen LogP contribution in [0.1, 0.15) is 10.4 Å². The van der Waals surface area contributed by atoms with Crippen LogP contribution in [0.25, 0.3) is 0 Å². The van der Waals surface area contributed by atoms with Gasteiger partial charge in [0.15, 0.2) is 11.5 Å². The summed E-state index contributed by atoms with van der Waals surface area (Å²) in [6.45, 7) is 0.184. The van der Waals surface area contributed by atoms with Gasteiger partial charge in [-0.25, -0.2) is 0 Å². The lowest BCUT2D eigenvalue weighted by Gasteiger charge is -2.08. The Morgan fingerprint density at radius 2 is 1.95 bits per heavy atom. The number of hydrogen-bond acceptors (Lipinski definition) is 3. The molecule has 102 valence electrons. The number of fused-ring (bicyclic) bond motifs is 1. The van der Waals surface area contributed by atoms with E-state index in [0.717, 1.165) is 4.47 Å². The van der Waals surface area contributed by atoms with Crippen LogP contribution >= 0.6 is 27.5 Å². The second-order valence-electron chi connectivity index (χ2n) is 4.15. The van der Waals surface area contributed by atoms with Crippen LogP contribution in [0.3, 0.4) is 0 Å². The molecule has 20 heavy (non-hydrogen) atoms. The molecule has 0 radical (unpaired) electrons. The predicted molar refractivity (Wildman–Crippen MR) is 79.7 cm³/mol. The number of anilines is 1. The fourth-order valence-electron chi connectivity index (χ4n) is 1.82. The summed E-state index contributed by atoms with van der Waals surface area (Å²) in [4.78, 5) is 12.2. The topological polar surface area (TPSA) is 47.6 Å². The molecule has 0 fully saturated rings. The largest absolute Gasteiger partial charge is 0.454 e. The molecular weight excluding hydrogens is 346 g/mol. The number of hydrogen-bond donors (Lipinski definition) is 1. The van der Waals surface area contributed by atoms with Crippen molar-refractivity contribution in [2.24, 2.45) is 0 Å². The first kappa shape index (κ1) is 13.3. The van der Waals surface area contributed by atoms with E-state index in [1.54, 1.807) is 36.4 Å². The van der Waals surface area contributed by atoms with Gasteiger partial charge in [-0.15, -0.1) is 0 Å². The lowest BCUT2D eigenvalue weighted by atomic mass is 10.2. The summed E-state index contributed by atoms with van der Waals surface area (Å²) in [7, 11) is 0. The first-order chi connectivity index (χ1) is 9.63. The molecule has 0 spiro atoms. The van der Waals surface area contributed by atoms with Gasteiger partial charge in [-0.3, -0.25) is 4.79 Å². The van der Waals surface area contributed by atoms with Crippen molar-refractivity contribution in [3.63, 3.8) is 0 Å². The Bertz CT molecular complexity index is 690. The first-order valence-electron chi connectivity index (χ1n) is 5.79. The van der Waals surface area contributed by atoms with E-state index in [4.69, 9.17) is 21.1 Å². The third-order valence-corrected chi connectivity index (χ3v) is 3.71. The molecule has 1 amide bonds. The predicted octanol–water partition coefficient (Wildman–Crippen LogP) is 4.08. The summed E-state index contributed by atoms with van der Waals surface area (Å²) in [5.74, 6) is 0.994. The number of halogens is 2. The fourth-order valence-corrected chi connectivity index (χ4v) is 2.60. The highest BCUT2D eigenvalue weighted by molar-refractivity contribution is 9.10. The van der Waals surface area contributed by atoms with E-state index in [2.05, 4.69) is 21.2 Å². The number of carbonyl (C=O) groups excluding carboxylic acids is 1. The molecule has 1 aliphatic heterocycles. The van der Waals surface area contributed by atoms with Gasteiger partial charge in [0.2, 0.25) is 6.79 Å². The van der Waals surface area contributed by atoms with Crippen molar-refractivity contribution < 1.29 is 14.3 Å². The average Bonchev–Trinajstić information content (AvgIpc) is 2.89. The lowest BCUT2D eigenvalue weighted by molar-refractivity contribution is 0.102. The monoisotopic (exact) mass is 353 g/mol. The van der Waals surface area contributed by atoms with Gasteiger partial charge < -0.3 is 14.8 Å². The summed E-state index contributed by atoms with van der Waals surface area (Å²) in [5, 5.41) is 3.40. The van der Waals surface area contributed by atoms with Crippen LogP contribution in [-0.2, 0) is 0 Å². The number of nitrogens with one attached hydrogen (secondary N) is 1. The maximum atomic E-state index is 12.2. The molecular formula is C14H9BrClNO3. The molecule has 0 saturated heterocycles. The minimum atomic E-state index is -0.230. The molecule has 1 N–H and O–H groups in total. The highest BCUT2D eigenvalue weighted by Gasteiger charge is 2.16. The third kappa shape index (κ3) is 2.59. The molecule has 2 aromatic rings. The van der Waals surface area contributed by atoms with Gasteiger partial charge >= 0.3 is 0 Å². The molecule has 2 aromatic carbocycles. The molecule has 0 atom stereocenters. The Balaban J connectivity index is 1.82. The van der Waals surface area contributed by atoms with Crippen LogP contribution in [-0.4, -0.2) is 12.7 Å². The molecule has 3 rings (SSSR count). The van der Waals surface area contributed by atoms with Crippen molar-refractivity contribution in [3.8, 4) is 11.5 Å². The molecule has 6 heteroatoms. The first-order valence-corrected chi connectivity index (χ1v) is 6.96. The van der Waals surface area contributed by atoms with Crippen molar-refractivity contribution in [2.75, 3.05) is 12.1 Å². The standard InChI is InChI=1S/C14H9BrClNO3/c15-10-6-9(16)2-3-11(10)17-14(18)8-1-4-12-13(5-8)20-7-19-12/h1-6H,7H2,(H,17,18). The zero-order chi connectivity index (χ0) is 14.1. The van der Waals surface area contributed by atoms with E-state index >= 15 is 0 Å². The smallest absolute Gasteiger partial charge is 0.255 e. The quantitative estimate of drug-likeness (QED) is 0.884. The molecule has 0 saturated carbocycles. The maximum absolute atomic E-state index is 12.2. The molecule has 0 aromatic heterocycles. The number of benzene rings is 2. The normalized spacial score (nSPS) is 12.3. The molecule has 0 bridgehead atoms. The zero-order valence-corrected chi connectivity index (χ0v) is 12.5. The van der Waals surface area contributed by atoms with Crippen LogP contribution in [0.4, 0.5) is 5.69 Å². The van der Waals surface area contributed by atoms with E-state index in [1.807, 2.05) is 0 Å². The Morgan fingerprint density at radius 3 is 2.75 bits per heavy atom. The van der Waals surface area contributed by atoms with Gasteiger partial charge in [-0.2, -0.15) is 0 Å². The number of carbonyl (C=O) groups is 1. The molecule has 1 aliphatic rings. The summed E-state index contributed by atoms with van der Waals surface area (Å²) < 4.78 is 11.2. The number of amides is 1. The van der Waals surface area contributed by atoms with Crippen molar-refractivity contribution >= 4 is 39.1 Å². The molecule has 4 nitrogen and oxygen atoms in total. The van der Waals surface area contributed by atoms with Gasteiger partial charge in [0.25, 0.3) is 5.91 Å². The van der Waals surface area contributed by atoms with E-state index in [0.29, 0.717) is 27.8 Å². The Hall–Kier alpha value is -1.72. The summed E-state index contributed by atoms with van der Waals surface area (Å²) >= 11 is 9.22. The molecule has 1 heterocycles. The van der Waals surface area contributed by atoms with Gasteiger partial charge in [0.05, 0.1) is 5.69 Å². The Labute approximate surface area is 128 Å². The molecule has 0 aliphatic carbocycles. The van der Waals surface area contributed by atoms with Crippen LogP contribution in [0.15, 0.2) is 40.9 Å². The Morgan fingerprint density at radius 1 is 1.15 bits per heavy atom. The van der Waals surface area contributed by atoms with E-state index in [-0.39, 0.29) is 12.7 Å².